The van der Waals surface area contributed by atoms with Crippen molar-refractivity contribution >= 4 is 11.8 Å². The average Bonchev–Trinajstić information content (AvgIpc) is 2.14. The van der Waals surface area contributed by atoms with Gasteiger partial charge in [-0.25, -0.2) is 0 Å². The number of hydrogen-bond donors (Lipinski definition) is 1. The zero-order valence-corrected chi connectivity index (χ0v) is 9.14. The zero-order valence-electron chi connectivity index (χ0n) is 8.32. The lowest BCUT2D eigenvalue weighted by atomic mass is 10.3. The van der Waals surface area contributed by atoms with Gasteiger partial charge in [-0.3, -0.25) is 0 Å². The van der Waals surface area contributed by atoms with Gasteiger partial charge >= 0.3 is 0 Å². The third-order valence-corrected chi connectivity index (χ3v) is 3.39. The van der Waals surface area contributed by atoms with Crippen LogP contribution in [0.15, 0.2) is 29.2 Å². The second-order valence-corrected chi connectivity index (χ2v) is 4.68. The van der Waals surface area contributed by atoms with Crippen LogP contribution in [0.3, 0.4) is 0 Å². The van der Waals surface area contributed by atoms with Gasteiger partial charge < -0.3 is 10.1 Å². The molecule has 0 bridgehead atoms. The van der Waals surface area contributed by atoms with E-state index in [1.54, 1.807) is 0 Å². The van der Waals surface area contributed by atoms with Crippen molar-refractivity contribution in [2.24, 2.45) is 0 Å². The lowest BCUT2D eigenvalue weighted by molar-refractivity contribution is 0.340. The number of rotatable bonds is 4. The highest BCUT2D eigenvalue weighted by Gasteiger charge is 2.17. The van der Waals surface area contributed by atoms with Crippen LogP contribution in [0.5, 0.6) is 5.75 Å². The van der Waals surface area contributed by atoms with Crippen LogP contribution >= 0.6 is 11.8 Å². The van der Waals surface area contributed by atoms with Crippen LogP contribution in [0.1, 0.15) is 6.92 Å². The second kappa shape index (κ2) is 4.71. The van der Waals surface area contributed by atoms with Gasteiger partial charge in [0.2, 0.25) is 0 Å². The molecule has 1 N–H and O–H groups in total. The first-order valence-electron chi connectivity index (χ1n) is 4.98. The predicted octanol–water partition coefficient (Wildman–Crippen LogP) is 2.15. The minimum absolute atomic E-state index is 0.735. The van der Waals surface area contributed by atoms with Crippen LogP contribution in [-0.2, 0) is 0 Å². The van der Waals surface area contributed by atoms with Gasteiger partial charge in [0.15, 0.2) is 0 Å². The van der Waals surface area contributed by atoms with Crippen LogP contribution in [0, 0.1) is 0 Å². The van der Waals surface area contributed by atoms with E-state index >= 15 is 0 Å². The molecule has 0 atom stereocenters. The van der Waals surface area contributed by atoms with Crippen molar-refractivity contribution in [3.8, 4) is 5.75 Å². The quantitative estimate of drug-likeness (QED) is 0.821. The maximum Gasteiger partial charge on any atom is 0.119 e. The largest absolute Gasteiger partial charge is 0.494 e. The fourth-order valence-corrected chi connectivity index (χ4v) is 2.40. The van der Waals surface area contributed by atoms with Gasteiger partial charge in [0, 0.05) is 23.2 Å². The van der Waals surface area contributed by atoms with Crippen LogP contribution < -0.4 is 10.1 Å². The first-order chi connectivity index (χ1) is 6.88. The molecule has 1 fully saturated rings. The van der Waals surface area contributed by atoms with Crippen LogP contribution in [-0.4, -0.2) is 24.9 Å². The molecule has 0 amide bonds. The summed E-state index contributed by atoms with van der Waals surface area (Å²) in [5.74, 6) is 0.962. The molecule has 1 heterocycles. The van der Waals surface area contributed by atoms with Crippen molar-refractivity contribution in [3.63, 3.8) is 0 Å². The Balaban J connectivity index is 1.91. The smallest absolute Gasteiger partial charge is 0.119 e. The molecule has 1 aromatic carbocycles. The van der Waals surface area contributed by atoms with E-state index in [1.165, 1.54) is 4.90 Å². The molecule has 14 heavy (non-hydrogen) atoms. The SMILES string of the molecule is CCOc1ccc(SC2CNC2)cc1. The molecule has 0 unspecified atom stereocenters. The molecule has 1 aromatic rings. The Morgan fingerprint density at radius 3 is 2.57 bits per heavy atom. The zero-order chi connectivity index (χ0) is 9.80. The summed E-state index contributed by atoms with van der Waals surface area (Å²) in [5, 5.41) is 4.02. The van der Waals surface area contributed by atoms with Gasteiger partial charge in [0.25, 0.3) is 0 Å². The summed E-state index contributed by atoms with van der Waals surface area (Å²) >= 11 is 1.94. The van der Waals surface area contributed by atoms with Crippen molar-refractivity contribution in [3.05, 3.63) is 24.3 Å². The molecule has 76 valence electrons. The Morgan fingerprint density at radius 1 is 1.36 bits per heavy atom. The van der Waals surface area contributed by atoms with Crippen LogP contribution in [0.25, 0.3) is 0 Å². The van der Waals surface area contributed by atoms with Crippen LogP contribution in [0.2, 0.25) is 0 Å². The first kappa shape index (κ1) is 9.87. The van der Waals surface area contributed by atoms with Gasteiger partial charge in [-0.15, -0.1) is 11.8 Å². The summed E-state index contributed by atoms with van der Waals surface area (Å²) in [6, 6.07) is 8.35. The van der Waals surface area contributed by atoms with Crippen molar-refractivity contribution in [2.45, 2.75) is 17.1 Å². The highest BCUT2D eigenvalue weighted by atomic mass is 32.2. The number of ether oxygens (including phenoxy) is 1. The minimum atomic E-state index is 0.735. The van der Waals surface area contributed by atoms with Crippen molar-refractivity contribution in [2.75, 3.05) is 19.7 Å². The standard InChI is InChI=1S/C11H15NOS/c1-2-13-9-3-5-10(6-4-9)14-11-7-12-8-11/h3-6,11-12H,2,7-8H2,1H3. The van der Waals surface area contributed by atoms with E-state index in [1.807, 2.05) is 30.8 Å². The minimum Gasteiger partial charge on any atom is -0.494 e. The fourth-order valence-electron chi connectivity index (χ4n) is 1.32. The van der Waals surface area contributed by atoms with E-state index in [2.05, 4.69) is 17.4 Å². The molecule has 0 spiro atoms. The number of nitrogens with one attached hydrogen (secondary N) is 1. The summed E-state index contributed by atoms with van der Waals surface area (Å²) in [7, 11) is 0. The summed E-state index contributed by atoms with van der Waals surface area (Å²) in [6.07, 6.45) is 0. The molecule has 0 radical (unpaired) electrons. The Labute approximate surface area is 89.0 Å². The number of hydrogen-bond acceptors (Lipinski definition) is 3. The van der Waals surface area contributed by atoms with E-state index in [9.17, 15) is 0 Å². The second-order valence-electron chi connectivity index (χ2n) is 3.30. The number of benzene rings is 1. The van der Waals surface area contributed by atoms with Gasteiger partial charge in [0.1, 0.15) is 5.75 Å². The van der Waals surface area contributed by atoms with Crippen molar-refractivity contribution in [1.82, 2.24) is 5.32 Å². The highest BCUT2D eigenvalue weighted by molar-refractivity contribution is 8.00. The predicted molar refractivity (Wildman–Crippen MR) is 60.1 cm³/mol. The normalized spacial score (nSPS) is 16.4. The Morgan fingerprint density at radius 2 is 2.07 bits per heavy atom. The third kappa shape index (κ3) is 2.42. The summed E-state index contributed by atoms with van der Waals surface area (Å²) in [4.78, 5) is 1.33. The first-order valence-corrected chi connectivity index (χ1v) is 5.86. The Hall–Kier alpha value is -0.670. The molecular weight excluding hydrogens is 194 g/mol. The monoisotopic (exact) mass is 209 g/mol. The van der Waals surface area contributed by atoms with Gasteiger partial charge in [0.05, 0.1) is 6.61 Å². The molecule has 3 heteroatoms. The maximum atomic E-state index is 5.38. The van der Waals surface area contributed by atoms with E-state index in [-0.39, 0.29) is 0 Å². The fraction of sp³-hybridized carbons (Fsp3) is 0.455. The van der Waals surface area contributed by atoms with E-state index in [4.69, 9.17) is 4.74 Å². The third-order valence-electron chi connectivity index (χ3n) is 2.18. The molecule has 0 aliphatic carbocycles. The molecule has 1 aliphatic rings. The van der Waals surface area contributed by atoms with Gasteiger partial charge in [-0.1, -0.05) is 0 Å². The van der Waals surface area contributed by atoms with Gasteiger partial charge in [-0.2, -0.15) is 0 Å². The molecule has 1 aliphatic heterocycles. The molecule has 2 nitrogen and oxygen atoms in total. The topological polar surface area (TPSA) is 21.3 Å². The van der Waals surface area contributed by atoms with Crippen molar-refractivity contribution < 1.29 is 4.74 Å². The lowest BCUT2D eigenvalue weighted by Crippen LogP contribution is -2.44. The Bertz CT molecular complexity index is 282. The number of thioether (sulfide) groups is 1. The average molecular weight is 209 g/mol. The van der Waals surface area contributed by atoms with Gasteiger partial charge in [-0.05, 0) is 31.2 Å². The van der Waals surface area contributed by atoms with Crippen molar-refractivity contribution in [1.29, 1.82) is 0 Å². The molecule has 0 aromatic heterocycles. The molecule has 1 saturated heterocycles. The molecular formula is C11H15NOS. The van der Waals surface area contributed by atoms with E-state index in [0.29, 0.717) is 0 Å². The van der Waals surface area contributed by atoms with E-state index in [0.717, 1.165) is 30.7 Å². The Kier molecular flexibility index (Phi) is 3.32. The summed E-state index contributed by atoms with van der Waals surface area (Å²) < 4.78 is 5.38. The molecule has 0 saturated carbocycles. The molecule has 2 rings (SSSR count). The lowest BCUT2D eigenvalue weighted by Gasteiger charge is -2.26. The summed E-state index contributed by atoms with van der Waals surface area (Å²) in [5.41, 5.74) is 0. The summed E-state index contributed by atoms with van der Waals surface area (Å²) in [6.45, 7) is 5.01. The maximum absolute atomic E-state index is 5.38. The van der Waals surface area contributed by atoms with Crippen LogP contribution in [0.4, 0.5) is 0 Å². The van der Waals surface area contributed by atoms with E-state index < -0.39 is 0 Å². The highest BCUT2D eigenvalue weighted by Crippen LogP contribution is 2.27.